The van der Waals surface area contributed by atoms with Crippen LogP contribution in [-0.4, -0.2) is 61.5 Å². The Hall–Kier alpha value is -3.86. The van der Waals surface area contributed by atoms with E-state index in [4.69, 9.17) is 14.2 Å². The van der Waals surface area contributed by atoms with Crippen molar-refractivity contribution in [2.45, 2.75) is 18.8 Å². The third-order valence-electron chi connectivity index (χ3n) is 5.72. The maximum atomic E-state index is 12.8. The average molecular weight is 498 g/mol. The summed E-state index contributed by atoms with van der Waals surface area (Å²) in [5, 5.41) is 15.2. The van der Waals surface area contributed by atoms with Gasteiger partial charge in [-0.3, -0.25) is 4.79 Å². The fraction of sp³-hybridized carbons (Fsp3) is 0.333. The van der Waals surface area contributed by atoms with Crippen molar-refractivity contribution in [3.8, 4) is 17.2 Å². The Morgan fingerprint density at radius 1 is 0.857 bits per heavy atom. The summed E-state index contributed by atoms with van der Waals surface area (Å²) in [5.74, 6) is 1.76. The number of methoxy groups -OCH3 is 3. The minimum absolute atomic E-state index is 0.149. The maximum Gasteiger partial charge on any atom is 0.321 e. The van der Waals surface area contributed by atoms with E-state index < -0.39 is 0 Å². The van der Waals surface area contributed by atoms with Gasteiger partial charge in [-0.05, 0) is 37.1 Å². The number of carbonyl (C=O) groups excluding carboxylic acids is 2. The molecule has 0 aliphatic carbocycles. The van der Waals surface area contributed by atoms with Crippen LogP contribution in [-0.2, 0) is 0 Å². The molecule has 1 aromatic heterocycles. The largest absolute Gasteiger partial charge is 0.497 e. The molecule has 184 valence electrons. The number of nitrogens with one attached hydrogen (secondary N) is 2. The topological polar surface area (TPSA) is 115 Å². The summed E-state index contributed by atoms with van der Waals surface area (Å²) < 4.78 is 15.6. The zero-order valence-electron chi connectivity index (χ0n) is 19.7. The summed E-state index contributed by atoms with van der Waals surface area (Å²) in [6, 6.07) is 12.1. The molecule has 3 aromatic rings. The fourth-order valence-corrected chi connectivity index (χ4v) is 4.67. The van der Waals surface area contributed by atoms with Crippen LogP contribution in [0.25, 0.3) is 0 Å². The molecule has 1 saturated heterocycles. The van der Waals surface area contributed by atoms with Gasteiger partial charge in [0.05, 0.1) is 21.3 Å². The van der Waals surface area contributed by atoms with Gasteiger partial charge >= 0.3 is 6.03 Å². The molecule has 10 nitrogen and oxygen atoms in total. The lowest BCUT2D eigenvalue weighted by atomic mass is 9.98. The van der Waals surface area contributed by atoms with E-state index in [0.29, 0.717) is 46.7 Å². The molecular formula is C24H27N5O5S. The number of urea groups is 1. The van der Waals surface area contributed by atoms with E-state index in [-0.39, 0.29) is 17.9 Å². The van der Waals surface area contributed by atoms with Crippen molar-refractivity contribution < 1.29 is 23.8 Å². The quantitative estimate of drug-likeness (QED) is 0.502. The molecule has 0 unspecified atom stereocenters. The van der Waals surface area contributed by atoms with Gasteiger partial charge in [0.1, 0.15) is 22.3 Å². The van der Waals surface area contributed by atoms with Crippen LogP contribution in [0.15, 0.2) is 42.5 Å². The van der Waals surface area contributed by atoms with Gasteiger partial charge in [0, 0.05) is 48.6 Å². The van der Waals surface area contributed by atoms with Gasteiger partial charge in [0.25, 0.3) is 5.91 Å². The Morgan fingerprint density at radius 3 is 2.09 bits per heavy atom. The van der Waals surface area contributed by atoms with E-state index in [1.807, 2.05) is 0 Å². The van der Waals surface area contributed by atoms with Crippen molar-refractivity contribution in [1.29, 1.82) is 0 Å². The Balaban J connectivity index is 1.31. The third kappa shape index (κ3) is 5.99. The summed E-state index contributed by atoms with van der Waals surface area (Å²) in [6.07, 6.45) is 1.48. The first-order valence-electron chi connectivity index (χ1n) is 11.1. The van der Waals surface area contributed by atoms with E-state index in [0.717, 1.165) is 17.8 Å². The van der Waals surface area contributed by atoms with Crippen LogP contribution in [0.3, 0.4) is 0 Å². The SMILES string of the molecule is COc1ccc(NC(=O)c2nnc(C3CCN(C(=O)Nc4cc(OC)cc(OC)c4)CC3)s2)cc1. The molecule has 1 aliphatic heterocycles. The van der Waals surface area contributed by atoms with Gasteiger partial charge in [0.15, 0.2) is 0 Å². The number of amides is 3. The second-order valence-electron chi connectivity index (χ2n) is 7.92. The Morgan fingerprint density at radius 2 is 1.49 bits per heavy atom. The van der Waals surface area contributed by atoms with Crippen molar-refractivity contribution >= 4 is 34.6 Å². The molecule has 0 saturated carbocycles. The van der Waals surface area contributed by atoms with E-state index in [2.05, 4.69) is 20.8 Å². The minimum atomic E-state index is -0.301. The van der Waals surface area contributed by atoms with Crippen LogP contribution in [0, 0.1) is 0 Å². The molecule has 2 N–H and O–H groups in total. The molecular weight excluding hydrogens is 470 g/mol. The normalized spacial score (nSPS) is 13.7. The molecule has 2 aromatic carbocycles. The predicted molar refractivity (Wildman–Crippen MR) is 133 cm³/mol. The number of carbonyl (C=O) groups is 2. The summed E-state index contributed by atoms with van der Waals surface area (Å²) in [6.45, 7) is 1.15. The van der Waals surface area contributed by atoms with Gasteiger partial charge in [-0.2, -0.15) is 0 Å². The number of anilines is 2. The molecule has 3 amide bonds. The van der Waals surface area contributed by atoms with Crippen LogP contribution in [0.2, 0.25) is 0 Å². The lowest BCUT2D eigenvalue weighted by molar-refractivity contribution is 0.102. The van der Waals surface area contributed by atoms with E-state index in [1.54, 1.807) is 68.7 Å². The van der Waals surface area contributed by atoms with E-state index in [9.17, 15) is 9.59 Å². The number of nitrogens with zero attached hydrogens (tertiary/aromatic N) is 3. The summed E-state index contributed by atoms with van der Waals surface area (Å²) in [7, 11) is 4.71. The maximum absolute atomic E-state index is 12.8. The Kier molecular flexibility index (Phi) is 7.66. The molecule has 0 bridgehead atoms. The minimum Gasteiger partial charge on any atom is -0.497 e. The summed E-state index contributed by atoms with van der Waals surface area (Å²) in [4.78, 5) is 27.1. The van der Waals surface area contributed by atoms with Crippen molar-refractivity contribution in [3.05, 3.63) is 52.5 Å². The number of piperidine rings is 1. The fourth-order valence-electron chi connectivity index (χ4n) is 3.76. The van der Waals surface area contributed by atoms with Crippen molar-refractivity contribution in [2.24, 2.45) is 0 Å². The highest BCUT2D eigenvalue weighted by Crippen LogP contribution is 2.31. The molecule has 35 heavy (non-hydrogen) atoms. The average Bonchev–Trinajstić information content (AvgIpc) is 3.39. The second-order valence-corrected chi connectivity index (χ2v) is 8.93. The Bertz CT molecular complexity index is 1150. The zero-order valence-corrected chi connectivity index (χ0v) is 20.6. The third-order valence-corrected chi connectivity index (χ3v) is 6.80. The summed E-state index contributed by atoms with van der Waals surface area (Å²) in [5.41, 5.74) is 1.26. The number of likely N-dealkylation sites (tertiary alicyclic amines) is 1. The first kappa shape index (κ1) is 24.3. The molecule has 0 radical (unpaired) electrons. The van der Waals surface area contributed by atoms with Crippen LogP contribution in [0.4, 0.5) is 16.2 Å². The van der Waals surface area contributed by atoms with E-state index in [1.165, 1.54) is 11.3 Å². The van der Waals surface area contributed by atoms with Gasteiger partial charge in [-0.1, -0.05) is 11.3 Å². The first-order valence-corrected chi connectivity index (χ1v) is 11.9. The number of hydrogen-bond acceptors (Lipinski definition) is 8. The molecule has 11 heteroatoms. The molecule has 4 rings (SSSR count). The lowest BCUT2D eigenvalue weighted by Gasteiger charge is -2.31. The van der Waals surface area contributed by atoms with Gasteiger partial charge < -0.3 is 29.7 Å². The van der Waals surface area contributed by atoms with Gasteiger partial charge in [-0.15, -0.1) is 10.2 Å². The van der Waals surface area contributed by atoms with Crippen molar-refractivity contribution in [1.82, 2.24) is 15.1 Å². The highest BCUT2D eigenvalue weighted by Gasteiger charge is 2.27. The summed E-state index contributed by atoms with van der Waals surface area (Å²) >= 11 is 1.29. The number of ether oxygens (including phenoxy) is 3. The Labute approximate surface area is 207 Å². The molecule has 0 atom stereocenters. The van der Waals surface area contributed by atoms with Gasteiger partial charge in [0.2, 0.25) is 5.01 Å². The molecule has 1 fully saturated rings. The zero-order chi connectivity index (χ0) is 24.8. The number of aromatic nitrogens is 2. The molecule has 0 spiro atoms. The van der Waals surface area contributed by atoms with Crippen LogP contribution in [0.5, 0.6) is 17.2 Å². The van der Waals surface area contributed by atoms with Crippen molar-refractivity contribution in [3.63, 3.8) is 0 Å². The van der Waals surface area contributed by atoms with Gasteiger partial charge in [-0.25, -0.2) is 4.79 Å². The van der Waals surface area contributed by atoms with Crippen LogP contribution >= 0.6 is 11.3 Å². The number of benzene rings is 2. The number of rotatable bonds is 7. The standard InChI is InChI=1S/C24H27N5O5S/c1-32-18-6-4-16(5-7-18)25-21(30)23-28-27-22(35-23)15-8-10-29(11-9-15)24(31)26-17-12-19(33-2)14-20(13-17)34-3/h4-7,12-15H,8-11H2,1-3H3,(H,25,30)(H,26,31). The van der Waals surface area contributed by atoms with Crippen molar-refractivity contribution in [2.75, 3.05) is 45.1 Å². The van der Waals surface area contributed by atoms with Crippen LogP contribution < -0.4 is 24.8 Å². The first-order chi connectivity index (χ1) is 17.0. The smallest absolute Gasteiger partial charge is 0.321 e. The molecule has 1 aliphatic rings. The molecule has 2 heterocycles. The van der Waals surface area contributed by atoms with Crippen LogP contribution in [0.1, 0.15) is 33.6 Å². The predicted octanol–water partition coefficient (Wildman–Crippen LogP) is 4.23. The highest BCUT2D eigenvalue weighted by molar-refractivity contribution is 7.13. The monoisotopic (exact) mass is 497 g/mol. The number of hydrogen-bond donors (Lipinski definition) is 2. The second kappa shape index (κ2) is 11.0. The highest BCUT2D eigenvalue weighted by atomic mass is 32.1. The van der Waals surface area contributed by atoms with E-state index >= 15 is 0 Å². The lowest BCUT2D eigenvalue weighted by Crippen LogP contribution is -2.40.